The van der Waals surface area contributed by atoms with E-state index in [9.17, 15) is 4.79 Å². The summed E-state index contributed by atoms with van der Waals surface area (Å²) < 4.78 is 0.826. The monoisotopic (exact) mass is 267 g/mol. The molecule has 66 valence electrons. The van der Waals surface area contributed by atoms with Crippen molar-refractivity contribution in [3.8, 4) is 0 Å². The van der Waals surface area contributed by atoms with E-state index in [1.54, 1.807) is 18.2 Å². The Morgan fingerprint density at radius 1 is 1.50 bits per heavy atom. The maximum Gasteiger partial charge on any atom is 0.250 e. The van der Waals surface area contributed by atoms with Gasteiger partial charge >= 0.3 is 0 Å². The molecule has 0 aliphatic heterocycles. The van der Waals surface area contributed by atoms with Gasteiger partial charge in [0.15, 0.2) is 0 Å². The summed E-state index contributed by atoms with van der Waals surface area (Å²) in [6.45, 7) is 0. The summed E-state index contributed by atoms with van der Waals surface area (Å²) in [6.07, 6.45) is 0. The van der Waals surface area contributed by atoms with Gasteiger partial charge in [-0.3, -0.25) is 4.79 Å². The lowest BCUT2D eigenvalue weighted by molar-refractivity contribution is 0.100. The number of halogens is 2. The topological polar surface area (TPSA) is 43.1 Å². The van der Waals surface area contributed by atoms with E-state index in [0.717, 1.165) is 4.47 Å². The van der Waals surface area contributed by atoms with E-state index in [0.29, 0.717) is 10.6 Å². The van der Waals surface area contributed by atoms with Crippen LogP contribution in [0.25, 0.3) is 0 Å². The first kappa shape index (κ1) is 11.8. The number of amides is 1. The third-order valence-electron chi connectivity index (χ3n) is 1.20. The van der Waals surface area contributed by atoms with Crippen molar-refractivity contribution in [1.82, 2.24) is 0 Å². The molecule has 0 fully saturated rings. The molecular formula is C7H7BrClNOS. The highest BCUT2D eigenvalue weighted by molar-refractivity contribution is 9.10. The van der Waals surface area contributed by atoms with Crippen LogP contribution in [0.5, 0.6) is 0 Å². The maximum atomic E-state index is 10.7. The summed E-state index contributed by atoms with van der Waals surface area (Å²) >= 11 is 8.90. The van der Waals surface area contributed by atoms with Crippen LogP contribution in [0.2, 0.25) is 5.02 Å². The van der Waals surface area contributed by atoms with Gasteiger partial charge in [-0.25, -0.2) is 0 Å². The molecule has 12 heavy (non-hydrogen) atoms. The number of carbonyl (C=O) groups is 1. The number of benzene rings is 1. The Labute approximate surface area is 90.7 Å². The van der Waals surface area contributed by atoms with Crippen LogP contribution in [0.1, 0.15) is 10.4 Å². The van der Waals surface area contributed by atoms with Gasteiger partial charge in [0.05, 0.1) is 10.6 Å². The smallest absolute Gasteiger partial charge is 0.250 e. The second-order valence-electron chi connectivity index (χ2n) is 1.99. The molecule has 0 radical (unpaired) electrons. The minimum atomic E-state index is -0.512. The standard InChI is InChI=1S/C7H5BrClNO.H2S/c8-4-1-2-5(7(10)11)6(9)3-4;/h1-3H,(H2,10,11);1H2. The number of carbonyl (C=O) groups excluding carboxylic acids is 1. The van der Waals surface area contributed by atoms with Gasteiger partial charge in [-0.1, -0.05) is 27.5 Å². The number of primary amides is 1. The highest BCUT2D eigenvalue weighted by Gasteiger charge is 2.05. The third-order valence-corrected chi connectivity index (χ3v) is 2.00. The van der Waals surface area contributed by atoms with E-state index < -0.39 is 5.91 Å². The average molecular weight is 269 g/mol. The number of hydrogen-bond acceptors (Lipinski definition) is 1. The van der Waals surface area contributed by atoms with E-state index in [1.807, 2.05) is 0 Å². The van der Waals surface area contributed by atoms with Gasteiger partial charge in [0.25, 0.3) is 0 Å². The fourth-order valence-corrected chi connectivity index (χ4v) is 1.46. The van der Waals surface area contributed by atoms with Crippen LogP contribution >= 0.6 is 41.0 Å². The van der Waals surface area contributed by atoms with Crippen molar-refractivity contribution in [2.24, 2.45) is 5.73 Å². The van der Waals surface area contributed by atoms with Crippen LogP contribution < -0.4 is 5.73 Å². The lowest BCUT2D eigenvalue weighted by Crippen LogP contribution is -2.11. The van der Waals surface area contributed by atoms with Crippen molar-refractivity contribution >= 4 is 46.9 Å². The molecule has 5 heteroatoms. The first-order chi connectivity index (χ1) is 5.11. The molecule has 0 saturated carbocycles. The Bertz CT molecular complexity index is 305. The van der Waals surface area contributed by atoms with Crippen LogP contribution in [0.3, 0.4) is 0 Å². The molecule has 1 aromatic carbocycles. The first-order valence-corrected chi connectivity index (χ1v) is 4.03. The van der Waals surface area contributed by atoms with E-state index in [1.165, 1.54) is 0 Å². The molecular weight excluding hydrogens is 262 g/mol. The van der Waals surface area contributed by atoms with Crippen LogP contribution in [0, 0.1) is 0 Å². The molecule has 0 aliphatic rings. The third kappa shape index (κ3) is 2.69. The minimum Gasteiger partial charge on any atom is -0.366 e. The zero-order valence-electron chi connectivity index (χ0n) is 5.97. The van der Waals surface area contributed by atoms with Gasteiger partial charge in [-0.05, 0) is 18.2 Å². The molecule has 1 rings (SSSR count). The second kappa shape index (κ2) is 4.74. The SMILES string of the molecule is NC(=O)c1ccc(Br)cc1Cl.S. The zero-order chi connectivity index (χ0) is 8.43. The molecule has 1 amide bonds. The molecule has 1 aromatic rings. The number of hydrogen-bond donors (Lipinski definition) is 1. The van der Waals surface area contributed by atoms with E-state index in [4.69, 9.17) is 17.3 Å². The average Bonchev–Trinajstić information content (AvgIpc) is 1.85. The Balaban J connectivity index is 0.00000121. The summed E-state index contributed by atoms with van der Waals surface area (Å²) in [4.78, 5) is 10.7. The highest BCUT2D eigenvalue weighted by atomic mass is 79.9. The van der Waals surface area contributed by atoms with Crippen LogP contribution in [0.4, 0.5) is 0 Å². The highest BCUT2D eigenvalue weighted by Crippen LogP contribution is 2.20. The van der Waals surface area contributed by atoms with Crippen molar-refractivity contribution in [3.63, 3.8) is 0 Å². The molecule has 2 N–H and O–H groups in total. The second-order valence-corrected chi connectivity index (χ2v) is 3.31. The number of rotatable bonds is 1. The van der Waals surface area contributed by atoms with Gasteiger partial charge in [0, 0.05) is 4.47 Å². The predicted molar refractivity (Wildman–Crippen MR) is 58.1 cm³/mol. The Morgan fingerprint density at radius 2 is 2.08 bits per heavy atom. The molecule has 0 saturated heterocycles. The summed E-state index contributed by atoms with van der Waals surface area (Å²) in [5.74, 6) is -0.512. The van der Waals surface area contributed by atoms with E-state index >= 15 is 0 Å². The maximum absolute atomic E-state index is 10.7. The van der Waals surface area contributed by atoms with Gasteiger partial charge in [-0.15, -0.1) is 0 Å². The zero-order valence-corrected chi connectivity index (χ0v) is 9.32. The number of nitrogens with two attached hydrogens (primary N) is 1. The Kier molecular flexibility index (Phi) is 4.67. The summed E-state index contributed by atoms with van der Waals surface area (Å²) in [5, 5.41) is 0.367. The van der Waals surface area contributed by atoms with Crippen LogP contribution in [-0.4, -0.2) is 5.91 Å². The fourth-order valence-electron chi connectivity index (χ4n) is 0.689. The molecule has 2 nitrogen and oxygen atoms in total. The Morgan fingerprint density at radius 3 is 2.50 bits per heavy atom. The van der Waals surface area contributed by atoms with E-state index in [2.05, 4.69) is 15.9 Å². The van der Waals surface area contributed by atoms with Crippen molar-refractivity contribution in [1.29, 1.82) is 0 Å². The molecule has 0 heterocycles. The van der Waals surface area contributed by atoms with E-state index in [-0.39, 0.29) is 13.5 Å². The van der Waals surface area contributed by atoms with Gasteiger partial charge in [0.1, 0.15) is 0 Å². The van der Waals surface area contributed by atoms with Crippen molar-refractivity contribution in [3.05, 3.63) is 33.3 Å². The van der Waals surface area contributed by atoms with Crippen molar-refractivity contribution in [2.45, 2.75) is 0 Å². The lowest BCUT2D eigenvalue weighted by Gasteiger charge is -1.98. The van der Waals surface area contributed by atoms with Gasteiger partial charge in [0.2, 0.25) is 5.91 Å². The summed E-state index contributed by atoms with van der Waals surface area (Å²) in [7, 11) is 0. The van der Waals surface area contributed by atoms with Crippen LogP contribution in [-0.2, 0) is 0 Å². The normalized spacial score (nSPS) is 8.83. The molecule has 0 unspecified atom stereocenters. The summed E-state index contributed by atoms with van der Waals surface area (Å²) in [6, 6.07) is 4.92. The molecule has 0 spiro atoms. The predicted octanol–water partition coefficient (Wildman–Crippen LogP) is 2.31. The van der Waals surface area contributed by atoms with Gasteiger partial charge < -0.3 is 5.73 Å². The van der Waals surface area contributed by atoms with Gasteiger partial charge in [-0.2, -0.15) is 13.5 Å². The van der Waals surface area contributed by atoms with Crippen molar-refractivity contribution < 1.29 is 4.79 Å². The molecule has 0 aromatic heterocycles. The summed E-state index contributed by atoms with van der Waals surface area (Å²) in [5.41, 5.74) is 5.37. The largest absolute Gasteiger partial charge is 0.366 e. The Hall–Kier alpha value is -0.190. The lowest BCUT2D eigenvalue weighted by atomic mass is 10.2. The molecule has 0 aliphatic carbocycles. The molecule has 0 bridgehead atoms. The van der Waals surface area contributed by atoms with Crippen LogP contribution in [0.15, 0.2) is 22.7 Å². The molecule has 0 atom stereocenters. The fraction of sp³-hybridized carbons (Fsp3) is 0. The first-order valence-electron chi connectivity index (χ1n) is 2.86. The minimum absolute atomic E-state index is 0. The quantitative estimate of drug-likeness (QED) is 0.834. The van der Waals surface area contributed by atoms with Crippen molar-refractivity contribution in [2.75, 3.05) is 0 Å².